The van der Waals surface area contributed by atoms with Crippen molar-refractivity contribution in [3.8, 4) is 61.7 Å². The lowest BCUT2D eigenvalue weighted by Crippen LogP contribution is -2.15. The molecule has 296 valence electrons. The first kappa shape index (κ1) is 35.7. The maximum atomic E-state index is 6.56. The van der Waals surface area contributed by atoms with E-state index >= 15 is 0 Å². The first-order valence-electron chi connectivity index (χ1n) is 21.7. The van der Waals surface area contributed by atoms with Crippen LogP contribution in [0.25, 0.3) is 116 Å². The molecule has 0 aliphatic heterocycles. The van der Waals surface area contributed by atoms with Gasteiger partial charge in [0.2, 0.25) is 0 Å². The van der Waals surface area contributed by atoms with Crippen LogP contribution in [0.1, 0.15) is 25.0 Å². The highest BCUT2D eigenvalue weighted by Crippen LogP contribution is 2.54. The first-order chi connectivity index (χ1) is 31.0. The van der Waals surface area contributed by atoms with Crippen LogP contribution in [0.3, 0.4) is 0 Å². The molecule has 1 aliphatic carbocycles. The van der Waals surface area contributed by atoms with E-state index in [4.69, 9.17) is 14.4 Å². The molecule has 0 saturated carbocycles. The lowest BCUT2D eigenvalue weighted by atomic mass is 9.81. The minimum Gasteiger partial charge on any atom is -0.455 e. The van der Waals surface area contributed by atoms with Crippen LogP contribution in [-0.2, 0) is 5.41 Å². The van der Waals surface area contributed by atoms with Crippen molar-refractivity contribution >= 4 is 54.6 Å². The van der Waals surface area contributed by atoms with Gasteiger partial charge < -0.3 is 8.98 Å². The van der Waals surface area contributed by atoms with Crippen molar-refractivity contribution in [2.75, 3.05) is 0 Å². The number of furan rings is 1. The third-order valence-corrected chi connectivity index (χ3v) is 13.4. The van der Waals surface area contributed by atoms with Crippen molar-refractivity contribution in [3.05, 3.63) is 211 Å². The van der Waals surface area contributed by atoms with E-state index in [2.05, 4.69) is 213 Å². The number of para-hydroxylation sites is 4. The molecule has 3 aromatic heterocycles. The molecule has 3 heterocycles. The Labute approximate surface area is 364 Å². The van der Waals surface area contributed by atoms with E-state index < -0.39 is 0 Å². The van der Waals surface area contributed by atoms with Crippen molar-refractivity contribution in [1.29, 1.82) is 0 Å². The third kappa shape index (κ3) is 5.34. The minimum absolute atomic E-state index is 0.249. The van der Waals surface area contributed by atoms with E-state index in [0.29, 0.717) is 5.82 Å². The molecule has 13 rings (SSSR count). The fraction of sp³-hybridized carbons (Fsp3) is 0.0508. The molecular formula is C59H39N3O. The molecule has 1 aliphatic rings. The average Bonchev–Trinajstić information content (AvgIpc) is 3.96. The molecule has 63 heavy (non-hydrogen) atoms. The van der Waals surface area contributed by atoms with Crippen molar-refractivity contribution < 1.29 is 4.42 Å². The largest absolute Gasteiger partial charge is 0.455 e. The number of hydrogen-bond donors (Lipinski definition) is 0. The van der Waals surface area contributed by atoms with Crippen LogP contribution in [0.2, 0.25) is 0 Å². The Bertz CT molecular complexity index is 3820. The van der Waals surface area contributed by atoms with E-state index in [1.165, 1.54) is 49.6 Å². The van der Waals surface area contributed by atoms with E-state index in [1.807, 2.05) is 6.07 Å². The van der Waals surface area contributed by atoms with Crippen molar-refractivity contribution in [1.82, 2.24) is 14.5 Å². The van der Waals surface area contributed by atoms with Gasteiger partial charge in [-0.25, -0.2) is 9.97 Å². The summed E-state index contributed by atoms with van der Waals surface area (Å²) < 4.78 is 8.92. The Morgan fingerprint density at radius 3 is 1.95 bits per heavy atom. The highest BCUT2D eigenvalue weighted by molar-refractivity contribution is 6.12. The van der Waals surface area contributed by atoms with E-state index in [9.17, 15) is 0 Å². The van der Waals surface area contributed by atoms with Gasteiger partial charge in [-0.15, -0.1) is 0 Å². The summed E-state index contributed by atoms with van der Waals surface area (Å²) >= 11 is 0. The number of fused-ring (bicyclic) bond motifs is 10. The topological polar surface area (TPSA) is 43.9 Å². The summed E-state index contributed by atoms with van der Waals surface area (Å²) in [6, 6.07) is 71.7. The van der Waals surface area contributed by atoms with Gasteiger partial charge in [-0.1, -0.05) is 159 Å². The van der Waals surface area contributed by atoms with Gasteiger partial charge in [0, 0.05) is 54.7 Å². The van der Waals surface area contributed by atoms with Gasteiger partial charge in [-0.3, -0.25) is 0 Å². The number of rotatable bonds is 5. The lowest BCUT2D eigenvalue weighted by Gasteiger charge is -2.22. The van der Waals surface area contributed by atoms with Crippen molar-refractivity contribution in [2.45, 2.75) is 19.3 Å². The number of hydrogen-bond acceptors (Lipinski definition) is 3. The highest BCUT2D eigenvalue weighted by atomic mass is 16.3. The van der Waals surface area contributed by atoms with Crippen LogP contribution in [0.4, 0.5) is 0 Å². The van der Waals surface area contributed by atoms with Crippen LogP contribution in [-0.4, -0.2) is 14.5 Å². The Balaban J connectivity index is 0.942. The molecular weight excluding hydrogens is 767 g/mol. The summed E-state index contributed by atoms with van der Waals surface area (Å²) in [6.07, 6.45) is 0. The zero-order valence-corrected chi connectivity index (χ0v) is 34.8. The standard InChI is InChI=1S/C59H39N3O/c1-59(2)49-24-14-21-43(45-23-13-22-44-42-20-10-12-26-54(42)63-57(44)45)55(49)46-30-27-39(35-50(46)59)58-60-51-31-28-37(34-48(51)56(61-58)36-15-5-3-6-16-36)38-29-32-53-47(33-38)41-19-9-11-25-52(41)62(53)40-17-7-4-8-18-40/h3-35H,1-2H3. The minimum atomic E-state index is -0.249. The Morgan fingerprint density at radius 1 is 0.429 bits per heavy atom. The quantitative estimate of drug-likeness (QED) is 0.174. The lowest BCUT2D eigenvalue weighted by molar-refractivity contribution is 0.660. The van der Waals surface area contributed by atoms with Crippen molar-refractivity contribution in [2.24, 2.45) is 0 Å². The first-order valence-corrected chi connectivity index (χ1v) is 21.7. The summed E-state index contributed by atoms with van der Waals surface area (Å²) in [6.45, 7) is 4.67. The smallest absolute Gasteiger partial charge is 0.160 e. The second-order valence-electron chi connectivity index (χ2n) is 17.3. The molecule has 0 amide bonds. The van der Waals surface area contributed by atoms with Crippen LogP contribution in [0.15, 0.2) is 205 Å². The summed E-state index contributed by atoms with van der Waals surface area (Å²) in [4.78, 5) is 10.7. The molecule has 0 saturated heterocycles. The van der Waals surface area contributed by atoms with E-state index in [0.717, 1.165) is 72.0 Å². The summed E-state index contributed by atoms with van der Waals surface area (Å²) in [5.74, 6) is 0.714. The Morgan fingerprint density at radius 2 is 1.10 bits per heavy atom. The van der Waals surface area contributed by atoms with Gasteiger partial charge in [0.1, 0.15) is 11.2 Å². The monoisotopic (exact) mass is 805 g/mol. The zero-order chi connectivity index (χ0) is 41.8. The Kier molecular flexibility index (Phi) is 7.62. The normalized spacial score (nSPS) is 13.0. The van der Waals surface area contributed by atoms with Gasteiger partial charge in [0.25, 0.3) is 0 Å². The van der Waals surface area contributed by atoms with Gasteiger partial charge in [-0.2, -0.15) is 0 Å². The van der Waals surface area contributed by atoms with Crippen LogP contribution in [0, 0.1) is 0 Å². The van der Waals surface area contributed by atoms with Gasteiger partial charge in [-0.05, 0) is 93.5 Å². The molecule has 4 heteroatoms. The number of benzene rings is 9. The van der Waals surface area contributed by atoms with E-state index in [-0.39, 0.29) is 5.41 Å². The molecule has 4 nitrogen and oxygen atoms in total. The molecule has 12 aromatic rings. The predicted octanol–water partition coefficient (Wildman–Crippen LogP) is 15.6. The maximum absolute atomic E-state index is 6.56. The summed E-state index contributed by atoms with van der Waals surface area (Å²) in [7, 11) is 0. The third-order valence-electron chi connectivity index (χ3n) is 13.4. The molecule has 0 unspecified atom stereocenters. The van der Waals surface area contributed by atoms with Gasteiger partial charge in [0.15, 0.2) is 5.82 Å². The summed E-state index contributed by atoms with van der Waals surface area (Å²) in [5, 5.41) is 5.75. The van der Waals surface area contributed by atoms with Gasteiger partial charge >= 0.3 is 0 Å². The van der Waals surface area contributed by atoms with Crippen LogP contribution in [0.5, 0.6) is 0 Å². The second kappa shape index (κ2) is 13.5. The Hall–Kier alpha value is -8.08. The predicted molar refractivity (Wildman–Crippen MR) is 260 cm³/mol. The average molecular weight is 806 g/mol. The molecule has 9 aromatic carbocycles. The molecule has 0 atom stereocenters. The van der Waals surface area contributed by atoms with Crippen molar-refractivity contribution in [3.63, 3.8) is 0 Å². The van der Waals surface area contributed by atoms with Crippen LogP contribution >= 0.6 is 0 Å². The van der Waals surface area contributed by atoms with Crippen LogP contribution < -0.4 is 0 Å². The second-order valence-corrected chi connectivity index (χ2v) is 17.3. The number of nitrogens with zero attached hydrogens (tertiary/aromatic N) is 3. The maximum Gasteiger partial charge on any atom is 0.160 e. The molecule has 0 N–H and O–H groups in total. The molecule has 0 bridgehead atoms. The highest BCUT2D eigenvalue weighted by Gasteiger charge is 2.37. The molecule has 0 radical (unpaired) electrons. The summed E-state index contributed by atoms with van der Waals surface area (Å²) in [5.41, 5.74) is 18.6. The molecule has 0 spiro atoms. The fourth-order valence-electron chi connectivity index (χ4n) is 10.4. The van der Waals surface area contributed by atoms with Gasteiger partial charge in [0.05, 0.1) is 22.2 Å². The van der Waals surface area contributed by atoms with E-state index in [1.54, 1.807) is 0 Å². The molecule has 0 fully saturated rings. The number of aromatic nitrogens is 3. The zero-order valence-electron chi connectivity index (χ0n) is 34.8. The fourth-order valence-corrected chi connectivity index (χ4v) is 10.4. The SMILES string of the molecule is CC1(C)c2cc(-c3nc(-c4ccccc4)c4cc(-c5ccc6c(c5)c5ccccc5n6-c5ccccc5)ccc4n3)ccc2-c2c(-c3cccc4c3oc3ccccc34)cccc21.